The van der Waals surface area contributed by atoms with E-state index in [4.69, 9.17) is 9.47 Å². The minimum Gasteiger partial charge on any atom is -0.464 e. The fraction of sp³-hybridized carbons (Fsp3) is 0.556. The Morgan fingerprint density at radius 3 is 2.86 bits per heavy atom. The third-order valence-corrected chi connectivity index (χ3v) is 2.60. The molecule has 4 nitrogen and oxygen atoms in total. The van der Waals surface area contributed by atoms with Gasteiger partial charge in [-0.05, 0) is 13.8 Å². The van der Waals surface area contributed by atoms with Gasteiger partial charge in [0.05, 0.1) is 6.61 Å². The molecule has 0 spiro atoms. The van der Waals surface area contributed by atoms with Crippen molar-refractivity contribution in [1.82, 2.24) is 4.98 Å². The maximum Gasteiger partial charge on any atom is 0.342 e. The monoisotopic (exact) mass is 215 g/mol. The highest BCUT2D eigenvalue weighted by atomic mass is 32.1. The summed E-state index contributed by atoms with van der Waals surface area (Å²) >= 11 is 1.40. The summed E-state index contributed by atoms with van der Waals surface area (Å²) in [5.41, 5.74) is 0.886. The number of carbonyl (C=O) groups excluding carboxylic acids is 1. The van der Waals surface area contributed by atoms with Gasteiger partial charge in [-0.2, -0.15) is 0 Å². The molecule has 1 rings (SSSR count). The smallest absolute Gasteiger partial charge is 0.342 e. The number of esters is 1. The molecule has 0 amide bonds. The largest absolute Gasteiger partial charge is 0.464 e. The van der Waals surface area contributed by atoms with Crippen LogP contribution in [0.3, 0.4) is 0 Å². The number of aryl methyl sites for hydroxylation is 1. The van der Waals surface area contributed by atoms with Gasteiger partial charge in [0.1, 0.15) is 5.01 Å². The normalized spacial score (nSPS) is 12.5. The summed E-state index contributed by atoms with van der Waals surface area (Å²) in [6, 6.07) is 0. The van der Waals surface area contributed by atoms with Crippen molar-refractivity contribution in [3.05, 3.63) is 16.1 Å². The summed E-state index contributed by atoms with van der Waals surface area (Å²) in [5, 5.41) is 2.52. The maximum absolute atomic E-state index is 11.4. The molecule has 1 heterocycles. The van der Waals surface area contributed by atoms with Crippen LogP contribution < -0.4 is 0 Å². The van der Waals surface area contributed by atoms with Crippen LogP contribution in [0.25, 0.3) is 0 Å². The van der Waals surface area contributed by atoms with Crippen LogP contribution in [0.15, 0.2) is 5.38 Å². The summed E-state index contributed by atoms with van der Waals surface area (Å²) in [6.45, 7) is 3.98. The first-order valence-corrected chi connectivity index (χ1v) is 5.18. The molecule has 0 aliphatic carbocycles. The van der Waals surface area contributed by atoms with Crippen LogP contribution >= 0.6 is 11.3 Å². The molecule has 0 bridgehead atoms. The average Bonchev–Trinajstić information content (AvgIpc) is 2.54. The Morgan fingerprint density at radius 1 is 1.71 bits per heavy atom. The maximum atomic E-state index is 11.4. The SMILES string of the molecule is CCOC(=O)C(OC)c1nc(C)cs1. The molecule has 0 aromatic carbocycles. The molecule has 0 radical (unpaired) electrons. The molecule has 0 N–H and O–H groups in total. The zero-order valence-corrected chi connectivity index (χ0v) is 9.26. The van der Waals surface area contributed by atoms with Crippen LogP contribution in [0, 0.1) is 6.92 Å². The quantitative estimate of drug-likeness (QED) is 0.717. The standard InChI is InChI=1S/C9H13NO3S/c1-4-13-9(11)7(12-3)8-10-6(2)5-14-8/h5,7H,4H2,1-3H3. The molecule has 0 aliphatic rings. The van der Waals surface area contributed by atoms with Crippen LogP contribution in [0.1, 0.15) is 23.7 Å². The van der Waals surface area contributed by atoms with Crippen LogP contribution in [0.4, 0.5) is 0 Å². The van der Waals surface area contributed by atoms with Crippen molar-refractivity contribution in [2.24, 2.45) is 0 Å². The van der Waals surface area contributed by atoms with Crippen molar-refractivity contribution in [2.45, 2.75) is 20.0 Å². The molecule has 78 valence electrons. The van der Waals surface area contributed by atoms with E-state index >= 15 is 0 Å². The summed E-state index contributed by atoms with van der Waals surface area (Å²) < 4.78 is 9.90. The van der Waals surface area contributed by atoms with E-state index in [0.717, 1.165) is 5.69 Å². The second-order valence-corrected chi connectivity index (χ2v) is 3.58. The lowest BCUT2D eigenvalue weighted by Gasteiger charge is -2.10. The van der Waals surface area contributed by atoms with E-state index in [-0.39, 0.29) is 5.97 Å². The predicted molar refractivity (Wildman–Crippen MR) is 53.2 cm³/mol. The third kappa shape index (κ3) is 2.52. The summed E-state index contributed by atoms with van der Waals surface area (Å²) in [6.07, 6.45) is -0.686. The van der Waals surface area contributed by atoms with Gasteiger partial charge < -0.3 is 9.47 Å². The van der Waals surface area contributed by atoms with Gasteiger partial charge in [-0.15, -0.1) is 11.3 Å². The number of rotatable bonds is 4. The van der Waals surface area contributed by atoms with Gasteiger partial charge in [-0.3, -0.25) is 0 Å². The van der Waals surface area contributed by atoms with Gasteiger partial charge >= 0.3 is 5.97 Å². The fourth-order valence-electron chi connectivity index (χ4n) is 1.01. The van der Waals surface area contributed by atoms with Crippen LogP contribution in [0.2, 0.25) is 0 Å². The van der Waals surface area contributed by atoms with Gasteiger partial charge in [0.25, 0.3) is 0 Å². The molecule has 1 atom stereocenters. The number of ether oxygens (including phenoxy) is 2. The predicted octanol–water partition coefficient (Wildman–Crippen LogP) is 1.70. The highest BCUT2D eigenvalue weighted by Gasteiger charge is 2.24. The van der Waals surface area contributed by atoms with Crippen molar-refractivity contribution in [2.75, 3.05) is 13.7 Å². The van der Waals surface area contributed by atoms with Gasteiger partial charge in [0, 0.05) is 18.2 Å². The van der Waals surface area contributed by atoms with E-state index in [2.05, 4.69) is 4.98 Å². The number of hydrogen-bond donors (Lipinski definition) is 0. The molecule has 0 saturated carbocycles. The number of nitrogens with zero attached hydrogens (tertiary/aromatic N) is 1. The highest BCUT2D eigenvalue weighted by molar-refractivity contribution is 7.09. The Labute approximate surface area is 86.9 Å². The molecule has 0 aliphatic heterocycles. The van der Waals surface area contributed by atoms with E-state index in [9.17, 15) is 4.79 Å². The van der Waals surface area contributed by atoms with E-state index in [1.54, 1.807) is 6.92 Å². The fourth-order valence-corrected chi connectivity index (χ4v) is 1.87. The molecule has 14 heavy (non-hydrogen) atoms. The second kappa shape index (κ2) is 5.07. The molecular weight excluding hydrogens is 202 g/mol. The number of methoxy groups -OCH3 is 1. The zero-order valence-electron chi connectivity index (χ0n) is 8.44. The Bertz CT molecular complexity index is 311. The lowest BCUT2D eigenvalue weighted by Crippen LogP contribution is -2.17. The lowest BCUT2D eigenvalue weighted by atomic mass is 10.4. The first-order valence-electron chi connectivity index (χ1n) is 4.30. The molecule has 5 heteroatoms. The van der Waals surface area contributed by atoms with E-state index in [1.165, 1.54) is 18.4 Å². The van der Waals surface area contributed by atoms with Crippen molar-refractivity contribution in [3.8, 4) is 0 Å². The van der Waals surface area contributed by atoms with Gasteiger partial charge in [0.2, 0.25) is 6.10 Å². The zero-order chi connectivity index (χ0) is 10.6. The van der Waals surface area contributed by atoms with E-state index in [1.807, 2.05) is 12.3 Å². The first kappa shape index (κ1) is 11.1. The summed E-state index contributed by atoms with van der Waals surface area (Å²) in [4.78, 5) is 15.6. The molecule has 0 saturated heterocycles. The van der Waals surface area contributed by atoms with Gasteiger partial charge in [0.15, 0.2) is 0 Å². The van der Waals surface area contributed by atoms with Crippen molar-refractivity contribution in [1.29, 1.82) is 0 Å². The number of hydrogen-bond acceptors (Lipinski definition) is 5. The average molecular weight is 215 g/mol. The van der Waals surface area contributed by atoms with E-state index < -0.39 is 6.10 Å². The molecule has 0 fully saturated rings. The minimum absolute atomic E-state index is 0.350. The van der Waals surface area contributed by atoms with Crippen molar-refractivity contribution < 1.29 is 14.3 Å². The van der Waals surface area contributed by atoms with Crippen LogP contribution in [0.5, 0.6) is 0 Å². The third-order valence-electron chi connectivity index (χ3n) is 1.60. The molecule has 1 aromatic heterocycles. The molecular formula is C9H13NO3S. The summed E-state index contributed by atoms with van der Waals surface area (Å²) in [7, 11) is 1.47. The molecule has 1 unspecified atom stereocenters. The van der Waals surface area contributed by atoms with Crippen molar-refractivity contribution in [3.63, 3.8) is 0 Å². The van der Waals surface area contributed by atoms with Crippen molar-refractivity contribution >= 4 is 17.3 Å². The minimum atomic E-state index is -0.686. The van der Waals surface area contributed by atoms with Crippen LogP contribution in [-0.4, -0.2) is 24.7 Å². The Kier molecular flexibility index (Phi) is 4.03. The number of aromatic nitrogens is 1. The topological polar surface area (TPSA) is 48.4 Å². The molecule has 1 aromatic rings. The summed E-state index contributed by atoms with van der Waals surface area (Å²) in [5.74, 6) is -0.385. The van der Waals surface area contributed by atoms with Crippen LogP contribution in [-0.2, 0) is 14.3 Å². The van der Waals surface area contributed by atoms with E-state index in [0.29, 0.717) is 11.6 Å². The Morgan fingerprint density at radius 2 is 2.43 bits per heavy atom. The number of carbonyl (C=O) groups is 1. The Balaban J connectivity index is 2.76. The second-order valence-electron chi connectivity index (χ2n) is 2.69. The number of thiazole rings is 1. The van der Waals surface area contributed by atoms with Gasteiger partial charge in [-0.1, -0.05) is 0 Å². The Hall–Kier alpha value is -0.940. The lowest BCUT2D eigenvalue weighted by molar-refractivity contribution is -0.155. The first-order chi connectivity index (χ1) is 6.69. The highest BCUT2D eigenvalue weighted by Crippen LogP contribution is 2.21. The van der Waals surface area contributed by atoms with Gasteiger partial charge in [-0.25, -0.2) is 9.78 Å².